The summed E-state index contributed by atoms with van der Waals surface area (Å²) >= 11 is 0. The molecule has 0 radical (unpaired) electrons. The molecule has 0 spiro atoms. The van der Waals surface area contributed by atoms with Gasteiger partial charge in [-0.1, -0.05) is 12.1 Å². The van der Waals surface area contributed by atoms with E-state index < -0.39 is 5.76 Å². The van der Waals surface area contributed by atoms with Gasteiger partial charge in [-0.25, -0.2) is 9.78 Å². The predicted molar refractivity (Wildman–Crippen MR) is 100 cm³/mol. The van der Waals surface area contributed by atoms with Crippen molar-refractivity contribution < 1.29 is 9.21 Å². The summed E-state index contributed by atoms with van der Waals surface area (Å²) in [7, 11) is 0. The minimum atomic E-state index is -0.511. The number of benzene rings is 1. The molecule has 4 rings (SSSR count). The van der Waals surface area contributed by atoms with Gasteiger partial charge >= 0.3 is 5.76 Å². The molecular formula is C19H21N5O3. The second-order valence-electron chi connectivity index (χ2n) is 6.72. The first-order chi connectivity index (χ1) is 13.2. The van der Waals surface area contributed by atoms with Crippen molar-refractivity contribution in [2.75, 3.05) is 24.5 Å². The van der Waals surface area contributed by atoms with Crippen LogP contribution in [0.1, 0.15) is 12.8 Å². The van der Waals surface area contributed by atoms with Gasteiger partial charge < -0.3 is 14.6 Å². The maximum atomic E-state index is 12.3. The molecule has 8 heteroatoms. The van der Waals surface area contributed by atoms with Gasteiger partial charge in [0.15, 0.2) is 5.58 Å². The quantitative estimate of drug-likeness (QED) is 0.733. The average Bonchev–Trinajstić information content (AvgIpc) is 3.03. The molecule has 0 saturated carbocycles. The number of nitrogens with zero attached hydrogens (tertiary/aromatic N) is 4. The first-order valence-corrected chi connectivity index (χ1v) is 9.07. The molecular weight excluding hydrogens is 346 g/mol. The summed E-state index contributed by atoms with van der Waals surface area (Å²) in [4.78, 5) is 34.9. The second-order valence-corrected chi connectivity index (χ2v) is 6.72. The molecule has 0 unspecified atom stereocenters. The molecule has 1 N–H and O–H groups in total. The van der Waals surface area contributed by atoms with Crippen LogP contribution in [0.3, 0.4) is 0 Å². The Bertz CT molecular complexity index is 974. The average molecular weight is 367 g/mol. The number of anilines is 1. The highest BCUT2D eigenvalue weighted by molar-refractivity contribution is 5.79. The van der Waals surface area contributed by atoms with E-state index in [9.17, 15) is 9.59 Å². The standard InChI is InChI=1S/C19H21N5O3/c25-18(13-24-15-3-1-2-4-16(15)27-19(24)26)22-11-14-5-9-23(10-6-14)17-12-20-7-8-21-17/h1-4,7-8,12,14H,5-6,9-11,13H2,(H,22,25). The molecule has 1 fully saturated rings. The Balaban J connectivity index is 1.29. The van der Waals surface area contributed by atoms with E-state index in [1.807, 2.05) is 6.07 Å². The van der Waals surface area contributed by atoms with Crippen molar-refractivity contribution >= 4 is 22.8 Å². The number of para-hydroxylation sites is 2. The first kappa shape index (κ1) is 17.3. The van der Waals surface area contributed by atoms with Gasteiger partial charge in [-0.2, -0.15) is 0 Å². The van der Waals surface area contributed by atoms with Gasteiger partial charge in [-0.05, 0) is 30.9 Å². The van der Waals surface area contributed by atoms with Crippen LogP contribution in [0, 0.1) is 5.92 Å². The lowest BCUT2D eigenvalue weighted by atomic mass is 9.97. The van der Waals surface area contributed by atoms with Crippen LogP contribution in [0.4, 0.5) is 5.82 Å². The number of rotatable bonds is 5. The molecule has 1 aromatic carbocycles. The number of nitrogens with one attached hydrogen (secondary N) is 1. The Hall–Kier alpha value is -3.16. The molecule has 1 amide bonds. The fourth-order valence-electron chi connectivity index (χ4n) is 3.44. The molecule has 0 atom stereocenters. The number of oxazole rings is 1. The van der Waals surface area contributed by atoms with Gasteiger partial charge in [0.25, 0.3) is 0 Å². The summed E-state index contributed by atoms with van der Waals surface area (Å²) in [6.45, 7) is 2.36. The van der Waals surface area contributed by atoms with E-state index in [1.54, 1.807) is 36.8 Å². The number of hydrogen-bond acceptors (Lipinski definition) is 6. The lowest BCUT2D eigenvalue weighted by Crippen LogP contribution is -2.40. The monoisotopic (exact) mass is 367 g/mol. The Morgan fingerprint density at radius 3 is 2.81 bits per heavy atom. The van der Waals surface area contributed by atoms with Crippen molar-refractivity contribution in [2.45, 2.75) is 19.4 Å². The van der Waals surface area contributed by atoms with Crippen molar-refractivity contribution in [1.82, 2.24) is 19.9 Å². The third-order valence-corrected chi connectivity index (χ3v) is 4.95. The third-order valence-electron chi connectivity index (χ3n) is 4.95. The maximum Gasteiger partial charge on any atom is 0.420 e. The van der Waals surface area contributed by atoms with Crippen LogP contribution in [-0.4, -0.2) is 40.1 Å². The lowest BCUT2D eigenvalue weighted by molar-refractivity contribution is -0.121. The highest BCUT2D eigenvalue weighted by Gasteiger charge is 2.21. The number of hydrogen-bond donors (Lipinski definition) is 1. The Kier molecular flexibility index (Phi) is 4.86. The van der Waals surface area contributed by atoms with Gasteiger partial charge in [-0.15, -0.1) is 0 Å². The Morgan fingerprint density at radius 2 is 2.04 bits per heavy atom. The van der Waals surface area contributed by atoms with Crippen molar-refractivity contribution in [3.05, 3.63) is 53.4 Å². The summed E-state index contributed by atoms with van der Waals surface area (Å²) in [5.41, 5.74) is 1.13. The van der Waals surface area contributed by atoms with Gasteiger partial charge in [-0.3, -0.25) is 14.3 Å². The van der Waals surface area contributed by atoms with E-state index >= 15 is 0 Å². The number of fused-ring (bicyclic) bond motifs is 1. The summed E-state index contributed by atoms with van der Waals surface area (Å²) in [5, 5.41) is 2.95. The van der Waals surface area contributed by atoms with E-state index in [2.05, 4.69) is 20.2 Å². The molecule has 2 aromatic heterocycles. The summed E-state index contributed by atoms with van der Waals surface area (Å²) in [6, 6.07) is 7.10. The molecule has 3 aromatic rings. The maximum absolute atomic E-state index is 12.3. The largest absolute Gasteiger partial charge is 0.420 e. The highest BCUT2D eigenvalue weighted by Crippen LogP contribution is 2.20. The van der Waals surface area contributed by atoms with Crippen LogP contribution >= 0.6 is 0 Å². The van der Waals surface area contributed by atoms with E-state index in [0.29, 0.717) is 23.6 Å². The molecule has 3 heterocycles. The van der Waals surface area contributed by atoms with E-state index in [0.717, 1.165) is 31.7 Å². The van der Waals surface area contributed by atoms with Crippen molar-refractivity contribution in [1.29, 1.82) is 0 Å². The summed E-state index contributed by atoms with van der Waals surface area (Å²) < 4.78 is 6.52. The molecule has 1 aliphatic heterocycles. The SMILES string of the molecule is O=C(Cn1c(=O)oc2ccccc21)NCC1CCN(c2cnccn2)CC1. The fraction of sp³-hybridized carbons (Fsp3) is 0.368. The Morgan fingerprint density at radius 1 is 1.22 bits per heavy atom. The van der Waals surface area contributed by atoms with Crippen LogP contribution in [0.5, 0.6) is 0 Å². The van der Waals surface area contributed by atoms with Crippen LogP contribution in [0.2, 0.25) is 0 Å². The fourth-order valence-corrected chi connectivity index (χ4v) is 3.44. The van der Waals surface area contributed by atoms with Gasteiger partial charge in [0, 0.05) is 32.0 Å². The van der Waals surface area contributed by atoms with E-state index in [-0.39, 0.29) is 12.5 Å². The van der Waals surface area contributed by atoms with E-state index in [4.69, 9.17) is 4.42 Å². The molecule has 27 heavy (non-hydrogen) atoms. The predicted octanol–water partition coefficient (Wildman–Crippen LogP) is 1.42. The number of piperidine rings is 1. The van der Waals surface area contributed by atoms with Crippen molar-refractivity contribution in [3.63, 3.8) is 0 Å². The van der Waals surface area contributed by atoms with Crippen molar-refractivity contribution in [3.8, 4) is 0 Å². The highest BCUT2D eigenvalue weighted by atomic mass is 16.4. The number of carbonyl (C=O) groups excluding carboxylic acids is 1. The zero-order valence-corrected chi connectivity index (χ0v) is 14.9. The van der Waals surface area contributed by atoms with Crippen LogP contribution < -0.4 is 16.0 Å². The third kappa shape index (κ3) is 3.84. The summed E-state index contributed by atoms with van der Waals surface area (Å²) in [6.07, 6.45) is 7.09. The minimum Gasteiger partial charge on any atom is -0.408 e. The second kappa shape index (κ2) is 7.61. The Labute approximate surface area is 155 Å². The van der Waals surface area contributed by atoms with Crippen LogP contribution in [0.25, 0.3) is 11.1 Å². The molecule has 0 aliphatic carbocycles. The van der Waals surface area contributed by atoms with Crippen LogP contribution in [-0.2, 0) is 11.3 Å². The molecule has 1 saturated heterocycles. The first-order valence-electron chi connectivity index (χ1n) is 9.07. The number of carbonyl (C=O) groups is 1. The number of amides is 1. The number of aromatic nitrogens is 3. The molecule has 140 valence electrons. The van der Waals surface area contributed by atoms with Gasteiger partial charge in [0.1, 0.15) is 12.4 Å². The summed E-state index contributed by atoms with van der Waals surface area (Å²) in [5.74, 6) is 0.620. The molecule has 8 nitrogen and oxygen atoms in total. The lowest BCUT2D eigenvalue weighted by Gasteiger charge is -2.32. The zero-order chi connectivity index (χ0) is 18.6. The molecule has 1 aliphatic rings. The van der Waals surface area contributed by atoms with Crippen LogP contribution in [0.15, 0.2) is 52.1 Å². The topological polar surface area (TPSA) is 93.3 Å². The zero-order valence-electron chi connectivity index (χ0n) is 14.9. The molecule has 0 bridgehead atoms. The van der Waals surface area contributed by atoms with Gasteiger partial charge in [0.05, 0.1) is 11.7 Å². The smallest absolute Gasteiger partial charge is 0.408 e. The van der Waals surface area contributed by atoms with Crippen molar-refractivity contribution in [2.24, 2.45) is 5.92 Å². The minimum absolute atomic E-state index is 0.0334. The van der Waals surface area contributed by atoms with E-state index in [1.165, 1.54) is 4.57 Å². The normalized spacial score (nSPS) is 15.2. The van der Waals surface area contributed by atoms with Gasteiger partial charge in [0.2, 0.25) is 5.91 Å².